The number of fused-ring (bicyclic) bond motifs is 1. The van der Waals surface area contributed by atoms with Gasteiger partial charge in [-0.25, -0.2) is 0 Å². The Bertz CT molecular complexity index is 824. The average Bonchev–Trinajstić information content (AvgIpc) is 2.58. The Morgan fingerprint density at radius 2 is 1.80 bits per heavy atom. The summed E-state index contributed by atoms with van der Waals surface area (Å²) in [6, 6.07) is 11.0. The van der Waals surface area contributed by atoms with Crippen LogP contribution in [0.3, 0.4) is 0 Å². The quantitative estimate of drug-likeness (QED) is 0.872. The van der Waals surface area contributed by atoms with Crippen molar-refractivity contribution < 1.29 is 14.3 Å². The van der Waals surface area contributed by atoms with Gasteiger partial charge in [0.05, 0.1) is 5.69 Å². The molecule has 0 bridgehead atoms. The number of nitrogens with zero attached hydrogens (tertiary/aromatic N) is 1. The van der Waals surface area contributed by atoms with Crippen molar-refractivity contribution in [3.05, 3.63) is 52.5 Å². The van der Waals surface area contributed by atoms with Gasteiger partial charge in [-0.3, -0.25) is 14.5 Å². The number of anilines is 2. The van der Waals surface area contributed by atoms with Gasteiger partial charge < -0.3 is 10.1 Å². The summed E-state index contributed by atoms with van der Waals surface area (Å²) in [5.74, 6) is -0.105. The van der Waals surface area contributed by atoms with Gasteiger partial charge in [0.25, 0.3) is 5.91 Å². The lowest BCUT2D eigenvalue weighted by Gasteiger charge is -2.36. The van der Waals surface area contributed by atoms with Gasteiger partial charge in [0, 0.05) is 15.7 Å². The molecule has 1 aliphatic rings. The summed E-state index contributed by atoms with van der Waals surface area (Å²) in [7, 11) is 0. The van der Waals surface area contributed by atoms with Crippen LogP contribution in [0.25, 0.3) is 0 Å². The van der Waals surface area contributed by atoms with Crippen LogP contribution < -0.4 is 15.0 Å². The standard InChI is InChI=1S/C18H16Cl2N2O3/c1-10(17(23)21-14-6-3-12(19)4-7-14)22-15-9-13(20)5-8-16(15)25-11(2)18(22)24/h3-11H,1-2H3,(H,21,23). The number of amides is 2. The highest BCUT2D eigenvalue weighted by Crippen LogP contribution is 2.37. The molecule has 1 heterocycles. The molecule has 0 saturated heterocycles. The van der Waals surface area contributed by atoms with Gasteiger partial charge in [-0.05, 0) is 56.3 Å². The summed E-state index contributed by atoms with van der Waals surface area (Å²) in [4.78, 5) is 26.7. The van der Waals surface area contributed by atoms with E-state index in [2.05, 4.69) is 5.32 Å². The van der Waals surface area contributed by atoms with Crippen LogP contribution in [0.5, 0.6) is 5.75 Å². The van der Waals surface area contributed by atoms with Crippen molar-refractivity contribution in [2.75, 3.05) is 10.2 Å². The largest absolute Gasteiger partial charge is 0.479 e. The van der Waals surface area contributed by atoms with Crippen molar-refractivity contribution in [3.8, 4) is 5.75 Å². The predicted molar refractivity (Wildman–Crippen MR) is 98.6 cm³/mol. The molecular formula is C18H16Cl2N2O3. The van der Waals surface area contributed by atoms with Crippen LogP contribution in [0.2, 0.25) is 10.0 Å². The van der Waals surface area contributed by atoms with Crippen LogP contribution in [0, 0.1) is 0 Å². The maximum absolute atomic E-state index is 12.6. The van der Waals surface area contributed by atoms with E-state index in [4.69, 9.17) is 27.9 Å². The zero-order valence-corrected chi connectivity index (χ0v) is 15.1. The van der Waals surface area contributed by atoms with E-state index in [-0.39, 0.29) is 11.8 Å². The smallest absolute Gasteiger partial charge is 0.268 e. The van der Waals surface area contributed by atoms with Crippen molar-refractivity contribution in [1.29, 1.82) is 0 Å². The van der Waals surface area contributed by atoms with Gasteiger partial charge in [-0.2, -0.15) is 0 Å². The lowest BCUT2D eigenvalue weighted by Crippen LogP contribution is -2.52. The highest BCUT2D eigenvalue weighted by molar-refractivity contribution is 6.31. The maximum atomic E-state index is 12.6. The van der Waals surface area contributed by atoms with Gasteiger partial charge in [-0.15, -0.1) is 0 Å². The van der Waals surface area contributed by atoms with E-state index in [9.17, 15) is 9.59 Å². The third-order valence-electron chi connectivity index (χ3n) is 3.95. The second-order valence-corrected chi connectivity index (χ2v) is 6.63. The van der Waals surface area contributed by atoms with E-state index >= 15 is 0 Å². The first-order chi connectivity index (χ1) is 11.9. The number of carbonyl (C=O) groups is 2. The number of halogens is 2. The van der Waals surface area contributed by atoms with Crippen LogP contribution in [0.1, 0.15) is 13.8 Å². The van der Waals surface area contributed by atoms with Gasteiger partial charge in [0.1, 0.15) is 11.8 Å². The van der Waals surface area contributed by atoms with E-state index in [0.29, 0.717) is 27.2 Å². The summed E-state index contributed by atoms with van der Waals surface area (Å²) in [5.41, 5.74) is 1.08. The van der Waals surface area contributed by atoms with Crippen LogP contribution in [-0.4, -0.2) is 24.0 Å². The molecule has 1 N–H and O–H groups in total. The molecule has 0 aliphatic carbocycles. The van der Waals surface area contributed by atoms with Gasteiger partial charge in [0.2, 0.25) is 5.91 Å². The molecule has 2 amide bonds. The Morgan fingerprint density at radius 1 is 1.16 bits per heavy atom. The molecule has 0 saturated carbocycles. The molecule has 2 aromatic carbocycles. The van der Waals surface area contributed by atoms with Crippen molar-refractivity contribution in [1.82, 2.24) is 0 Å². The minimum absolute atomic E-state index is 0.298. The van der Waals surface area contributed by atoms with E-state index < -0.39 is 12.1 Å². The van der Waals surface area contributed by atoms with E-state index in [0.717, 1.165) is 0 Å². The predicted octanol–water partition coefficient (Wildman–Crippen LogP) is 4.13. The van der Waals surface area contributed by atoms with Crippen LogP contribution in [-0.2, 0) is 9.59 Å². The Hall–Kier alpha value is -2.24. The number of nitrogens with one attached hydrogen (secondary N) is 1. The Morgan fingerprint density at radius 3 is 2.48 bits per heavy atom. The monoisotopic (exact) mass is 378 g/mol. The molecule has 2 atom stereocenters. The Labute approximate surface area is 155 Å². The molecule has 0 spiro atoms. The first-order valence-electron chi connectivity index (χ1n) is 7.72. The number of rotatable bonds is 3. The topological polar surface area (TPSA) is 58.6 Å². The molecule has 2 unspecified atom stereocenters. The molecule has 25 heavy (non-hydrogen) atoms. The normalized spacial score (nSPS) is 17.5. The van der Waals surface area contributed by atoms with Gasteiger partial charge >= 0.3 is 0 Å². The molecule has 0 aromatic heterocycles. The van der Waals surface area contributed by atoms with Crippen molar-refractivity contribution in [2.24, 2.45) is 0 Å². The SMILES string of the molecule is CC1Oc2ccc(Cl)cc2N(C(C)C(=O)Nc2ccc(Cl)cc2)C1=O. The van der Waals surface area contributed by atoms with Gasteiger partial charge in [0.15, 0.2) is 6.10 Å². The third-order valence-corrected chi connectivity index (χ3v) is 4.44. The van der Waals surface area contributed by atoms with Crippen LogP contribution in [0.4, 0.5) is 11.4 Å². The van der Waals surface area contributed by atoms with E-state index in [1.807, 2.05) is 0 Å². The number of carbonyl (C=O) groups excluding carboxylic acids is 2. The highest BCUT2D eigenvalue weighted by atomic mass is 35.5. The Kier molecular flexibility index (Phi) is 4.88. The summed E-state index contributed by atoms with van der Waals surface area (Å²) in [6.07, 6.45) is -0.681. The molecule has 0 radical (unpaired) electrons. The minimum atomic E-state index is -0.744. The highest BCUT2D eigenvalue weighted by Gasteiger charge is 2.37. The lowest BCUT2D eigenvalue weighted by atomic mass is 10.1. The summed E-state index contributed by atoms with van der Waals surface area (Å²) < 4.78 is 5.59. The van der Waals surface area contributed by atoms with Crippen LogP contribution in [0.15, 0.2) is 42.5 Å². The molecule has 3 rings (SSSR count). The van der Waals surface area contributed by atoms with Crippen molar-refractivity contribution in [3.63, 3.8) is 0 Å². The average molecular weight is 379 g/mol. The zero-order chi connectivity index (χ0) is 18.1. The number of hydrogen-bond acceptors (Lipinski definition) is 3. The summed E-state index contributed by atoms with van der Waals surface area (Å²) >= 11 is 11.9. The fourth-order valence-electron chi connectivity index (χ4n) is 2.63. The molecule has 0 fully saturated rings. The van der Waals surface area contributed by atoms with E-state index in [1.54, 1.807) is 56.3 Å². The van der Waals surface area contributed by atoms with Crippen LogP contribution >= 0.6 is 23.2 Å². The van der Waals surface area contributed by atoms with E-state index in [1.165, 1.54) is 4.90 Å². The summed E-state index contributed by atoms with van der Waals surface area (Å²) in [6.45, 7) is 3.31. The first-order valence-corrected chi connectivity index (χ1v) is 8.48. The Balaban J connectivity index is 1.88. The van der Waals surface area contributed by atoms with Crippen molar-refractivity contribution >= 4 is 46.4 Å². The second-order valence-electron chi connectivity index (χ2n) is 5.75. The molecule has 2 aromatic rings. The molecule has 130 valence electrons. The minimum Gasteiger partial charge on any atom is -0.479 e. The molecule has 1 aliphatic heterocycles. The zero-order valence-electron chi connectivity index (χ0n) is 13.6. The second kappa shape index (κ2) is 6.94. The number of ether oxygens (including phenoxy) is 1. The van der Waals surface area contributed by atoms with Gasteiger partial charge in [-0.1, -0.05) is 23.2 Å². The fourth-order valence-corrected chi connectivity index (χ4v) is 2.92. The lowest BCUT2D eigenvalue weighted by molar-refractivity contribution is -0.128. The first kappa shape index (κ1) is 17.6. The molecule has 7 heteroatoms. The number of benzene rings is 2. The fraction of sp³-hybridized carbons (Fsp3) is 0.222. The molecular weight excluding hydrogens is 363 g/mol. The van der Waals surface area contributed by atoms with Crippen molar-refractivity contribution in [2.45, 2.75) is 26.0 Å². The molecule has 5 nitrogen and oxygen atoms in total. The number of hydrogen-bond donors (Lipinski definition) is 1. The maximum Gasteiger partial charge on any atom is 0.268 e. The third kappa shape index (κ3) is 3.57. The summed E-state index contributed by atoms with van der Waals surface area (Å²) in [5, 5.41) is 3.82.